The van der Waals surface area contributed by atoms with Crippen LogP contribution in [0.25, 0.3) is 0 Å². The van der Waals surface area contributed by atoms with E-state index in [2.05, 4.69) is 10.2 Å². The summed E-state index contributed by atoms with van der Waals surface area (Å²) in [6, 6.07) is -0.110. The molecule has 2 aliphatic rings. The lowest BCUT2D eigenvalue weighted by molar-refractivity contribution is -0.183. The number of hydrogen-bond acceptors (Lipinski definition) is 3. The van der Waals surface area contributed by atoms with Gasteiger partial charge in [0, 0.05) is 19.1 Å². The molecule has 3 nitrogen and oxygen atoms in total. The summed E-state index contributed by atoms with van der Waals surface area (Å²) in [5.41, 5.74) is 0. The standard InChI is InChI=1S/C15H27F3N2O/c16-15(17,18)12-5-4-6-13(9-12)19-10-14(21)11-20-7-2-1-3-8-20/h12-14,19,21H,1-11H2/t12-,13-,14+/m0/s1. The van der Waals surface area contributed by atoms with E-state index in [1.54, 1.807) is 0 Å². The molecule has 0 radical (unpaired) electrons. The molecule has 2 fully saturated rings. The number of nitrogens with one attached hydrogen (secondary N) is 1. The monoisotopic (exact) mass is 308 g/mol. The van der Waals surface area contributed by atoms with Gasteiger partial charge in [-0.25, -0.2) is 0 Å². The Balaban J connectivity index is 1.67. The molecular weight excluding hydrogens is 281 g/mol. The number of halogens is 3. The van der Waals surface area contributed by atoms with Gasteiger partial charge in [-0.15, -0.1) is 0 Å². The summed E-state index contributed by atoms with van der Waals surface area (Å²) in [5, 5.41) is 13.2. The van der Waals surface area contributed by atoms with Gasteiger partial charge >= 0.3 is 6.18 Å². The zero-order valence-electron chi connectivity index (χ0n) is 12.5. The molecule has 0 amide bonds. The number of rotatable bonds is 5. The number of alkyl halides is 3. The van der Waals surface area contributed by atoms with Crippen LogP contribution in [-0.4, -0.2) is 54.5 Å². The highest BCUT2D eigenvalue weighted by molar-refractivity contribution is 4.82. The quantitative estimate of drug-likeness (QED) is 0.819. The van der Waals surface area contributed by atoms with E-state index in [1.807, 2.05) is 0 Å². The van der Waals surface area contributed by atoms with Crippen LogP contribution in [0.2, 0.25) is 0 Å². The average molecular weight is 308 g/mol. The number of hydrogen-bond donors (Lipinski definition) is 2. The highest BCUT2D eigenvalue weighted by atomic mass is 19.4. The van der Waals surface area contributed by atoms with Crippen LogP contribution in [0.3, 0.4) is 0 Å². The number of likely N-dealkylation sites (tertiary alicyclic amines) is 1. The van der Waals surface area contributed by atoms with Crippen LogP contribution in [0, 0.1) is 5.92 Å². The van der Waals surface area contributed by atoms with Gasteiger partial charge in [-0.05, 0) is 45.2 Å². The molecule has 21 heavy (non-hydrogen) atoms. The van der Waals surface area contributed by atoms with Crippen LogP contribution < -0.4 is 5.32 Å². The summed E-state index contributed by atoms with van der Waals surface area (Å²) in [7, 11) is 0. The minimum absolute atomic E-state index is 0.110. The molecule has 1 aliphatic heterocycles. The fraction of sp³-hybridized carbons (Fsp3) is 1.00. The first-order chi connectivity index (χ1) is 9.95. The zero-order valence-corrected chi connectivity index (χ0v) is 12.5. The molecule has 0 spiro atoms. The second-order valence-corrected chi connectivity index (χ2v) is 6.53. The van der Waals surface area contributed by atoms with E-state index in [9.17, 15) is 18.3 Å². The van der Waals surface area contributed by atoms with E-state index in [-0.39, 0.29) is 18.9 Å². The third-order valence-electron chi connectivity index (χ3n) is 4.70. The van der Waals surface area contributed by atoms with Crippen molar-refractivity contribution in [3.05, 3.63) is 0 Å². The molecule has 6 heteroatoms. The van der Waals surface area contributed by atoms with Crippen molar-refractivity contribution in [3.8, 4) is 0 Å². The van der Waals surface area contributed by atoms with Gasteiger partial charge in [0.05, 0.1) is 12.0 Å². The lowest BCUT2D eigenvalue weighted by Crippen LogP contribution is -2.45. The molecule has 1 saturated carbocycles. The van der Waals surface area contributed by atoms with Gasteiger partial charge in [0.15, 0.2) is 0 Å². The van der Waals surface area contributed by atoms with Crippen LogP contribution in [0.1, 0.15) is 44.9 Å². The number of β-amino-alcohol motifs (C(OH)–C–C–N with tert-alkyl or cyclic N) is 1. The summed E-state index contributed by atoms with van der Waals surface area (Å²) < 4.78 is 38.2. The maximum atomic E-state index is 12.7. The maximum absolute atomic E-state index is 12.7. The Kier molecular flexibility index (Phi) is 6.32. The predicted octanol–water partition coefficient (Wildman–Crippen LogP) is 2.54. The lowest BCUT2D eigenvalue weighted by atomic mass is 9.85. The number of aliphatic hydroxyl groups is 1. The van der Waals surface area contributed by atoms with E-state index in [0.29, 0.717) is 19.5 Å². The lowest BCUT2D eigenvalue weighted by Gasteiger charge is -2.33. The summed E-state index contributed by atoms with van der Waals surface area (Å²) >= 11 is 0. The Bertz CT molecular complexity index is 306. The SMILES string of the molecule is O[C@H](CN[C@H]1CCC[C@H](C(F)(F)F)C1)CN1CCCCC1. The van der Waals surface area contributed by atoms with Gasteiger partial charge in [-0.2, -0.15) is 13.2 Å². The summed E-state index contributed by atoms with van der Waals surface area (Å²) in [6.45, 7) is 3.07. The highest BCUT2D eigenvalue weighted by Gasteiger charge is 2.42. The normalized spacial score (nSPS) is 30.3. The molecule has 1 saturated heterocycles. The fourth-order valence-corrected chi connectivity index (χ4v) is 3.48. The molecule has 0 bridgehead atoms. The van der Waals surface area contributed by atoms with Gasteiger partial charge < -0.3 is 15.3 Å². The first-order valence-electron chi connectivity index (χ1n) is 8.15. The molecule has 124 valence electrons. The Morgan fingerprint density at radius 2 is 1.81 bits per heavy atom. The molecule has 1 heterocycles. The molecular formula is C15H27F3N2O. The van der Waals surface area contributed by atoms with Crippen LogP contribution in [0.15, 0.2) is 0 Å². The van der Waals surface area contributed by atoms with Crippen molar-refractivity contribution in [1.82, 2.24) is 10.2 Å². The van der Waals surface area contributed by atoms with Gasteiger partial charge in [0.2, 0.25) is 0 Å². The average Bonchev–Trinajstić information content (AvgIpc) is 2.46. The van der Waals surface area contributed by atoms with Gasteiger partial charge in [-0.1, -0.05) is 12.8 Å². The van der Waals surface area contributed by atoms with Crippen molar-refractivity contribution in [2.75, 3.05) is 26.2 Å². The molecule has 2 N–H and O–H groups in total. The van der Waals surface area contributed by atoms with Gasteiger partial charge in [0.25, 0.3) is 0 Å². The number of nitrogens with zero attached hydrogens (tertiary/aromatic N) is 1. The zero-order chi connectivity index (χ0) is 15.3. The topological polar surface area (TPSA) is 35.5 Å². The second-order valence-electron chi connectivity index (χ2n) is 6.53. The molecule has 2 rings (SSSR count). The largest absolute Gasteiger partial charge is 0.391 e. The van der Waals surface area contributed by atoms with Crippen LogP contribution in [-0.2, 0) is 0 Å². The van der Waals surface area contributed by atoms with E-state index >= 15 is 0 Å². The summed E-state index contributed by atoms with van der Waals surface area (Å²) in [5.74, 6) is -1.18. The molecule has 0 aromatic heterocycles. The van der Waals surface area contributed by atoms with E-state index in [0.717, 1.165) is 19.5 Å². The molecule has 0 aromatic carbocycles. The first-order valence-corrected chi connectivity index (χ1v) is 8.15. The van der Waals surface area contributed by atoms with Crippen molar-refractivity contribution < 1.29 is 18.3 Å². The number of aliphatic hydroxyl groups excluding tert-OH is 1. The van der Waals surface area contributed by atoms with Gasteiger partial charge in [-0.3, -0.25) is 0 Å². The minimum atomic E-state index is -4.08. The maximum Gasteiger partial charge on any atom is 0.391 e. The summed E-state index contributed by atoms with van der Waals surface area (Å²) in [4.78, 5) is 2.25. The van der Waals surface area contributed by atoms with Crippen molar-refractivity contribution in [3.63, 3.8) is 0 Å². The molecule has 1 aliphatic carbocycles. The predicted molar refractivity (Wildman–Crippen MR) is 76.1 cm³/mol. The Morgan fingerprint density at radius 1 is 1.10 bits per heavy atom. The highest BCUT2D eigenvalue weighted by Crippen LogP contribution is 2.37. The summed E-state index contributed by atoms with van der Waals surface area (Å²) in [6.07, 6.45) is 0.838. The molecule has 0 aromatic rings. The van der Waals surface area contributed by atoms with Crippen LogP contribution in [0.4, 0.5) is 13.2 Å². The Hall–Kier alpha value is -0.330. The Morgan fingerprint density at radius 3 is 2.48 bits per heavy atom. The molecule has 3 atom stereocenters. The van der Waals surface area contributed by atoms with Crippen molar-refractivity contribution in [2.24, 2.45) is 5.92 Å². The fourth-order valence-electron chi connectivity index (χ4n) is 3.48. The van der Waals surface area contributed by atoms with Crippen molar-refractivity contribution in [1.29, 1.82) is 0 Å². The second kappa shape index (κ2) is 7.79. The van der Waals surface area contributed by atoms with Gasteiger partial charge in [0.1, 0.15) is 0 Å². The van der Waals surface area contributed by atoms with E-state index in [1.165, 1.54) is 19.3 Å². The van der Waals surface area contributed by atoms with Crippen molar-refractivity contribution >= 4 is 0 Å². The Labute approximate surface area is 124 Å². The molecule has 0 unspecified atom stereocenters. The third kappa shape index (κ3) is 5.75. The van der Waals surface area contributed by atoms with E-state index < -0.39 is 18.2 Å². The first kappa shape index (κ1) is 17.0. The third-order valence-corrected chi connectivity index (χ3v) is 4.70. The van der Waals surface area contributed by atoms with Crippen LogP contribution in [0.5, 0.6) is 0 Å². The smallest absolute Gasteiger partial charge is 0.390 e. The minimum Gasteiger partial charge on any atom is -0.390 e. The van der Waals surface area contributed by atoms with Crippen molar-refractivity contribution in [2.45, 2.75) is 63.3 Å². The van der Waals surface area contributed by atoms with E-state index in [4.69, 9.17) is 0 Å². The number of piperidine rings is 1. The van der Waals surface area contributed by atoms with Crippen LogP contribution >= 0.6 is 0 Å².